The Kier molecular flexibility index (Phi) is 6.33. The predicted octanol–water partition coefficient (Wildman–Crippen LogP) is 1.90. The van der Waals surface area contributed by atoms with Gasteiger partial charge in [-0.2, -0.15) is 0 Å². The molecule has 2 aromatic rings. The lowest BCUT2D eigenvalue weighted by molar-refractivity contribution is -0.127. The van der Waals surface area contributed by atoms with Crippen LogP contribution in [0, 0.1) is 5.92 Å². The van der Waals surface area contributed by atoms with E-state index in [1.807, 2.05) is 12.1 Å². The van der Waals surface area contributed by atoms with Crippen molar-refractivity contribution in [2.75, 3.05) is 19.3 Å². The first-order chi connectivity index (χ1) is 15.2. The third-order valence-corrected chi connectivity index (χ3v) is 9.42. The third kappa shape index (κ3) is 4.55. The van der Waals surface area contributed by atoms with Crippen molar-refractivity contribution >= 4 is 48.3 Å². The molecule has 10 heteroatoms. The molecular weight excluding hydrogens is 448 g/mol. The zero-order valence-corrected chi connectivity index (χ0v) is 20.0. The Morgan fingerprint density at radius 1 is 1.38 bits per heavy atom. The van der Waals surface area contributed by atoms with Crippen LogP contribution in [0.5, 0.6) is 0 Å². The van der Waals surface area contributed by atoms with Crippen LogP contribution in [-0.4, -0.2) is 72.2 Å². The van der Waals surface area contributed by atoms with Crippen LogP contribution in [0.3, 0.4) is 0 Å². The van der Waals surface area contributed by atoms with E-state index < -0.39 is 20.2 Å². The summed E-state index contributed by atoms with van der Waals surface area (Å²) in [6, 6.07) is 6.76. The second-order valence-corrected chi connectivity index (χ2v) is 15.1. The summed E-state index contributed by atoms with van der Waals surface area (Å²) in [5.74, 6) is -0.758. The summed E-state index contributed by atoms with van der Waals surface area (Å²) in [7, 11) is -1.80. The maximum Gasteiger partial charge on any atom is 0.270 e. The second-order valence-electron chi connectivity index (χ2n) is 9.60. The number of para-hydroxylation sites is 1. The lowest BCUT2D eigenvalue weighted by Gasteiger charge is -2.26. The maximum atomic E-state index is 13.4. The molecule has 2 saturated heterocycles. The molecule has 3 atom stereocenters. The van der Waals surface area contributed by atoms with Crippen molar-refractivity contribution in [3.63, 3.8) is 0 Å². The van der Waals surface area contributed by atoms with Crippen LogP contribution < -0.4 is 10.6 Å². The average Bonchev–Trinajstić information content (AvgIpc) is 3.44. The topological polar surface area (TPSA) is 115 Å². The van der Waals surface area contributed by atoms with Crippen LogP contribution in [0.4, 0.5) is 0 Å². The predicted molar refractivity (Wildman–Crippen MR) is 125 cm³/mol. The summed E-state index contributed by atoms with van der Waals surface area (Å²) >= 11 is 6.25. The quantitative estimate of drug-likeness (QED) is 0.476. The highest BCUT2D eigenvalue weighted by molar-refractivity contribution is 6.79. The summed E-state index contributed by atoms with van der Waals surface area (Å²) in [5, 5.41) is 16.8. The monoisotopic (exact) mass is 476 g/mol. The lowest BCUT2D eigenvalue weighted by Crippen LogP contribution is -2.50. The number of H-pyrrole nitrogens is 1. The summed E-state index contributed by atoms with van der Waals surface area (Å²) < 4.78 is 0. The number of carbonyl (C=O) groups excluding carboxylic acids is 3. The van der Waals surface area contributed by atoms with Crippen LogP contribution in [0.1, 0.15) is 23.3 Å². The molecule has 2 aliphatic heterocycles. The van der Waals surface area contributed by atoms with Gasteiger partial charge in [-0.15, -0.1) is 0 Å². The third-order valence-electron chi connectivity index (χ3n) is 6.42. The van der Waals surface area contributed by atoms with Crippen molar-refractivity contribution in [2.24, 2.45) is 5.92 Å². The molecule has 3 amide bonds. The highest BCUT2D eigenvalue weighted by Gasteiger charge is 2.45. The fourth-order valence-electron chi connectivity index (χ4n) is 4.80. The van der Waals surface area contributed by atoms with Crippen molar-refractivity contribution in [1.29, 1.82) is 0 Å². The van der Waals surface area contributed by atoms with Crippen LogP contribution in [-0.2, 0) is 9.59 Å². The van der Waals surface area contributed by atoms with Crippen molar-refractivity contribution in [1.82, 2.24) is 20.5 Å². The number of aromatic amines is 1. The Labute approximate surface area is 192 Å². The van der Waals surface area contributed by atoms with Crippen LogP contribution in [0.15, 0.2) is 24.3 Å². The molecule has 4 rings (SSSR count). The van der Waals surface area contributed by atoms with E-state index in [9.17, 15) is 19.5 Å². The molecule has 0 aliphatic carbocycles. The van der Waals surface area contributed by atoms with E-state index in [0.717, 1.165) is 5.39 Å². The van der Waals surface area contributed by atoms with E-state index >= 15 is 0 Å². The van der Waals surface area contributed by atoms with Crippen LogP contribution in [0.2, 0.25) is 24.2 Å². The smallest absolute Gasteiger partial charge is 0.270 e. The Morgan fingerprint density at radius 3 is 2.81 bits per heavy atom. The first-order valence-corrected chi connectivity index (χ1v) is 14.7. The molecule has 0 bridgehead atoms. The van der Waals surface area contributed by atoms with Crippen LogP contribution in [0.25, 0.3) is 10.9 Å². The second kappa shape index (κ2) is 8.88. The number of rotatable bonds is 6. The van der Waals surface area contributed by atoms with Crippen molar-refractivity contribution < 1.29 is 19.5 Å². The van der Waals surface area contributed by atoms with Crippen LogP contribution >= 0.6 is 11.6 Å². The number of hydrogen-bond donors (Lipinski definition) is 4. The number of aromatic nitrogens is 1. The first-order valence-electron chi connectivity index (χ1n) is 11.0. The van der Waals surface area contributed by atoms with E-state index in [1.54, 1.807) is 17.0 Å². The molecule has 4 N–H and O–H groups in total. The fraction of sp³-hybridized carbons (Fsp3) is 0.500. The molecule has 0 saturated carbocycles. The number of halogens is 1. The van der Waals surface area contributed by atoms with Gasteiger partial charge in [-0.05, 0) is 31.0 Å². The maximum absolute atomic E-state index is 13.4. The van der Waals surface area contributed by atoms with E-state index in [2.05, 4.69) is 28.7 Å². The zero-order chi connectivity index (χ0) is 23.0. The van der Waals surface area contributed by atoms with Gasteiger partial charge in [-0.3, -0.25) is 14.4 Å². The standard InChI is InChI=1S/C22H29ClN4O4Si/c1-32(2)11-18(21(30)25-15(10-28)8-14-6-7-24-20(14)29)27(12-32)22(31)17-9-13-4-3-5-16(23)19(13)26-17/h3-5,9,14-15,18,26,28H,6-8,10-12H2,1-2H3,(H,24,29)(H,25,30)/t14-,15-,18?/m0/s1. The van der Waals surface area contributed by atoms with E-state index in [-0.39, 0.29) is 30.2 Å². The lowest BCUT2D eigenvalue weighted by atomic mass is 9.98. The van der Waals surface area contributed by atoms with Gasteiger partial charge in [0, 0.05) is 24.0 Å². The minimum absolute atomic E-state index is 0.0404. The molecule has 0 radical (unpaired) electrons. The Bertz CT molecular complexity index is 1060. The average molecular weight is 477 g/mol. The molecule has 3 heterocycles. The number of fused-ring (bicyclic) bond motifs is 1. The Balaban J connectivity index is 1.51. The molecule has 1 aromatic carbocycles. The van der Waals surface area contributed by atoms with Crippen molar-refractivity contribution in [3.8, 4) is 0 Å². The molecule has 1 aromatic heterocycles. The minimum Gasteiger partial charge on any atom is -0.394 e. The molecule has 8 nitrogen and oxygen atoms in total. The number of hydrogen-bond acceptors (Lipinski definition) is 4. The van der Waals surface area contributed by atoms with Crippen molar-refractivity contribution in [3.05, 3.63) is 35.0 Å². The normalized spacial score (nSPS) is 23.4. The molecule has 2 fully saturated rings. The summed E-state index contributed by atoms with van der Waals surface area (Å²) in [4.78, 5) is 43.2. The number of aliphatic hydroxyl groups excluding tert-OH is 1. The summed E-state index contributed by atoms with van der Waals surface area (Å²) in [5.41, 5.74) is 1.10. The Morgan fingerprint density at radius 2 is 2.16 bits per heavy atom. The number of nitrogens with one attached hydrogen (secondary N) is 3. The van der Waals surface area contributed by atoms with Gasteiger partial charge in [-0.25, -0.2) is 0 Å². The zero-order valence-electron chi connectivity index (χ0n) is 18.3. The van der Waals surface area contributed by atoms with Crippen molar-refractivity contribution in [2.45, 2.75) is 44.1 Å². The van der Waals surface area contributed by atoms with Gasteiger partial charge in [0.25, 0.3) is 5.91 Å². The SMILES string of the molecule is C[Si]1(C)CC(C(=O)N[C@H](CO)C[C@@H]2CCNC2=O)N(C(=O)c2cc3cccc(Cl)c3[nH]2)C1. The largest absolute Gasteiger partial charge is 0.394 e. The van der Waals surface area contributed by atoms with Gasteiger partial charge in [-0.1, -0.05) is 36.8 Å². The number of aliphatic hydroxyl groups is 1. The van der Waals surface area contributed by atoms with E-state index in [4.69, 9.17) is 11.6 Å². The molecule has 2 aliphatic rings. The van der Waals surface area contributed by atoms with Gasteiger partial charge < -0.3 is 25.6 Å². The number of nitrogens with zero attached hydrogens (tertiary/aromatic N) is 1. The number of benzene rings is 1. The fourth-order valence-corrected chi connectivity index (χ4v) is 7.89. The van der Waals surface area contributed by atoms with Gasteiger partial charge >= 0.3 is 0 Å². The van der Waals surface area contributed by atoms with Gasteiger partial charge in [0.1, 0.15) is 11.7 Å². The summed E-state index contributed by atoms with van der Waals surface area (Å²) in [6.07, 6.45) is 1.65. The van der Waals surface area contributed by atoms with Gasteiger partial charge in [0.05, 0.1) is 31.3 Å². The van der Waals surface area contributed by atoms with E-state index in [1.165, 1.54) is 0 Å². The number of amides is 3. The number of carbonyl (C=O) groups is 3. The summed E-state index contributed by atoms with van der Waals surface area (Å²) in [6.45, 7) is 4.69. The minimum atomic E-state index is -1.80. The molecule has 0 spiro atoms. The van der Waals surface area contributed by atoms with E-state index in [0.29, 0.717) is 47.8 Å². The Hall–Kier alpha value is -2.36. The molecule has 1 unspecified atom stereocenters. The molecule has 32 heavy (non-hydrogen) atoms. The first kappa shape index (κ1) is 22.8. The highest BCUT2D eigenvalue weighted by atomic mass is 35.5. The molecular formula is C22H29ClN4O4Si. The molecule has 172 valence electrons. The highest BCUT2D eigenvalue weighted by Crippen LogP contribution is 2.30. The van der Waals surface area contributed by atoms with Gasteiger partial charge in [0.2, 0.25) is 11.8 Å². The van der Waals surface area contributed by atoms with Gasteiger partial charge in [0.15, 0.2) is 0 Å².